The molecule has 1 aliphatic carbocycles. The average Bonchev–Trinajstić information content (AvgIpc) is 3.35. The zero-order valence-electron chi connectivity index (χ0n) is 13.9. The number of hydrogen-bond acceptors (Lipinski definition) is 4. The lowest BCUT2D eigenvalue weighted by molar-refractivity contribution is -0.118. The number of thioether (sulfide) groups is 1. The zero-order chi connectivity index (χ0) is 16.9. The van der Waals surface area contributed by atoms with E-state index in [1.165, 1.54) is 30.2 Å². The van der Waals surface area contributed by atoms with Crippen LogP contribution in [0, 0.1) is 6.92 Å². The molecule has 1 aliphatic rings. The summed E-state index contributed by atoms with van der Waals surface area (Å²) in [4.78, 5) is 12.1. The van der Waals surface area contributed by atoms with Crippen LogP contribution in [0.5, 0.6) is 0 Å². The van der Waals surface area contributed by atoms with Crippen molar-refractivity contribution in [3.63, 3.8) is 0 Å². The first-order valence-electron chi connectivity index (χ1n) is 8.17. The molecular formula is C18H22N4OS. The van der Waals surface area contributed by atoms with Crippen LogP contribution in [0.2, 0.25) is 0 Å². The Kier molecular flexibility index (Phi) is 5.35. The highest BCUT2D eigenvalue weighted by Crippen LogP contribution is 2.40. The third-order valence-corrected chi connectivity index (χ3v) is 5.04. The quantitative estimate of drug-likeness (QED) is 0.592. The van der Waals surface area contributed by atoms with Crippen LogP contribution in [-0.4, -0.2) is 26.4 Å². The maximum absolute atomic E-state index is 12.1. The van der Waals surface area contributed by atoms with Gasteiger partial charge >= 0.3 is 0 Å². The number of benzene rings is 1. The third kappa shape index (κ3) is 4.06. The maximum atomic E-state index is 12.1. The first kappa shape index (κ1) is 16.8. The van der Waals surface area contributed by atoms with Crippen LogP contribution in [0.4, 0.5) is 0 Å². The van der Waals surface area contributed by atoms with Crippen molar-refractivity contribution in [2.45, 2.75) is 43.9 Å². The molecule has 1 heterocycles. The molecule has 0 atom stereocenters. The van der Waals surface area contributed by atoms with Gasteiger partial charge in [0.1, 0.15) is 5.82 Å². The smallest absolute Gasteiger partial charge is 0.230 e. The monoisotopic (exact) mass is 342 g/mol. The SMILES string of the molecule is C=CCn1c(SCC(=O)NCc2ccccc2C)nnc1C1CC1. The first-order chi connectivity index (χ1) is 11.7. The van der Waals surface area contributed by atoms with E-state index in [0.29, 0.717) is 24.8 Å². The summed E-state index contributed by atoms with van der Waals surface area (Å²) in [6.45, 7) is 7.09. The minimum Gasteiger partial charge on any atom is -0.351 e. The topological polar surface area (TPSA) is 59.8 Å². The Hall–Kier alpha value is -2.08. The van der Waals surface area contributed by atoms with Gasteiger partial charge in [0.25, 0.3) is 0 Å². The third-order valence-electron chi connectivity index (χ3n) is 4.07. The van der Waals surface area contributed by atoms with Gasteiger partial charge in [-0.05, 0) is 30.9 Å². The number of hydrogen-bond donors (Lipinski definition) is 1. The van der Waals surface area contributed by atoms with E-state index in [-0.39, 0.29) is 5.91 Å². The molecular weight excluding hydrogens is 320 g/mol. The van der Waals surface area contributed by atoms with Crippen LogP contribution in [0.25, 0.3) is 0 Å². The van der Waals surface area contributed by atoms with Gasteiger partial charge in [-0.3, -0.25) is 4.79 Å². The predicted molar refractivity (Wildman–Crippen MR) is 95.9 cm³/mol. The number of nitrogens with one attached hydrogen (secondary N) is 1. The number of aromatic nitrogens is 3. The summed E-state index contributed by atoms with van der Waals surface area (Å²) >= 11 is 1.43. The molecule has 0 saturated heterocycles. The Balaban J connectivity index is 1.54. The van der Waals surface area contributed by atoms with Gasteiger partial charge in [-0.15, -0.1) is 16.8 Å². The molecule has 1 fully saturated rings. The molecule has 6 heteroatoms. The van der Waals surface area contributed by atoms with Crippen LogP contribution in [-0.2, 0) is 17.9 Å². The highest BCUT2D eigenvalue weighted by molar-refractivity contribution is 7.99. The molecule has 1 aromatic carbocycles. The lowest BCUT2D eigenvalue weighted by Crippen LogP contribution is -2.25. The average molecular weight is 342 g/mol. The zero-order valence-corrected chi connectivity index (χ0v) is 14.7. The molecule has 1 saturated carbocycles. The lowest BCUT2D eigenvalue weighted by Gasteiger charge is -2.09. The largest absolute Gasteiger partial charge is 0.351 e. The van der Waals surface area contributed by atoms with Crippen molar-refractivity contribution >= 4 is 17.7 Å². The molecule has 5 nitrogen and oxygen atoms in total. The van der Waals surface area contributed by atoms with E-state index in [2.05, 4.69) is 26.7 Å². The fourth-order valence-corrected chi connectivity index (χ4v) is 3.32. The maximum Gasteiger partial charge on any atom is 0.230 e. The molecule has 0 radical (unpaired) electrons. The molecule has 0 aliphatic heterocycles. The van der Waals surface area contributed by atoms with Crippen molar-refractivity contribution in [3.8, 4) is 0 Å². The number of carbonyl (C=O) groups excluding carboxylic acids is 1. The van der Waals surface area contributed by atoms with Crippen LogP contribution in [0.15, 0.2) is 42.1 Å². The van der Waals surface area contributed by atoms with Gasteiger partial charge < -0.3 is 9.88 Å². The summed E-state index contributed by atoms with van der Waals surface area (Å²) in [6, 6.07) is 8.07. The van der Waals surface area contributed by atoms with Gasteiger partial charge in [-0.2, -0.15) is 0 Å². The standard InChI is InChI=1S/C18H22N4OS/c1-3-10-22-17(14-8-9-14)20-21-18(22)24-12-16(23)19-11-15-7-5-4-6-13(15)2/h3-7,14H,1,8-12H2,2H3,(H,19,23). The molecule has 0 spiro atoms. The fourth-order valence-electron chi connectivity index (χ4n) is 2.53. The molecule has 24 heavy (non-hydrogen) atoms. The van der Waals surface area contributed by atoms with E-state index in [4.69, 9.17) is 0 Å². The number of allylic oxidation sites excluding steroid dienone is 1. The van der Waals surface area contributed by atoms with Gasteiger partial charge in [0, 0.05) is 19.0 Å². The molecule has 0 bridgehead atoms. The lowest BCUT2D eigenvalue weighted by atomic mass is 10.1. The Morgan fingerprint density at radius 1 is 1.42 bits per heavy atom. The molecule has 2 aromatic rings. The minimum absolute atomic E-state index is 0.00405. The molecule has 3 rings (SSSR count). The summed E-state index contributed by atoms with van der Waals surface area (Å²) in [6.07, 6.45) is 4.20. The normalized spacial score (nSPS) is 13.7. The highest BCUT2D eigenvalue weighted by atomic mass is 32.2. The van der Waals surface area contributed by atoms with E-state index < -0.39 is 0 Å². The summed E-state index contributed by atoms with van der Waals surface area (Å²) in [5.74, 6) is 1.90. The van der Waals surface area contributed by atoms with Crippen molar-refractivity contribution in [1.29, 1.82) is 0 Å². The number of rotatable bonds is 8. The van der Waals surface area contributed by atoms with E-state index in [0.717, 1.165) is 16.5 Å². The van der Waals surface area contributed by atoms with Crippen molar-refractivity contribution in [2.75, 3.05) is 5.75 Å². The van der Waals surface area contributed by atoms with Gasteiger partial charge in [0.05, 0.1) is 5.75 Å². The Morgan fingerprint density at radius 2 is 2.21 bits per heavy atom. The predicted octanol–water partition coefficient (Wildman–Crippen LogP) is 3.06. The second-order valence-electron chi connectivity index (χ2n) is 6.01. The molecule has 126 valence electrons. The van der Waals surface area contributed by atoms with Crippen molar-refractivity contribution in [2.24, 2.45) is 0 Å². The summed E-state index contributed by atoms with van der Waals surface area (Å²) < 4.78 is 2.07. The Bertz CT molecular complexity index is 736. The fraction of sp³-hybridized carbons (Fsp3) is 0.389. The molecule has 1 N–H and O–H groups in total. The van der Waals surface area contributed by atoms with Gasteiger partial charge in [-0.25, -0.2) is 0 Å². The van der Waals surface area contributed by atoms with Crippen LogP contribution < -0.4 is 5.32 Å². The number of aryl methyl sites for hydroxylation is 1. The summed E-state index contributed by atoms with van der Waals surface area (Å²) in [5, 5.41) is 12.3. The van der Waals surface area contributed by atoms with E-state index in [1.807, 2.05) is 37.3 Å². The highest BCUT2D eigenvalue weighted by Gasteiger charge is 2.30. The minimum atomic E-state index is 0.00405. The molecule has 1 amide bonds. The van der Waals surface area contributed by atoms with E-state index >= 15 is 0 Å². The summed E-state index contributed by atoms with van der Waals surface area (Å²) in [7, 11) is 0. The summed E-state index contributed by atoms with van der Waals surface area (Å²) in [5.41, 5.74) is 2.33. The van der Waals surface area contributed by atoms with Crippen LogP contribution >= 0.6 is 11.8 Å². The van der Waals surface area contributed by atoms with Gasteiger partial charge in [0.2, 0.25) is 5.91 Å². The van der Waals surface area contributed by atoms with Gasteiger partial charge in [0.15, 0.2) is 5.16 Å². The second kappa shape index (κ2) is 7.66. The molecule has 0 unspecified atom stereocenters. The van der Waals surface area contributed by atoms with Gasteiger partial charge in [-0.1, -0.05) is 42.1 Å². The van der Waals surface area contributed by atoms with Crippen LogP contribution in [0.3, 0.4) is 0 Å². The van der Waals surface area contributed by atoms with Crippen molar-refractivity contribution in [1.82, 2.24) is 20.1 Å². The Morgan fingerprint density at radius 3 is 2.92 bits per heavy atom. The van der Waals surface area contributed by atoms with Crippen LogP contribution in [0.1, 0.15) is 35.7 Å². The number of carbonyl (C=O) groups is 1. The first-order valence-corrected chi connectivity index (χ1v) is 9.15. The van der Waals surface area contributed by atoms with E-state index in [9.17, 15) is 4.79 Å². The van der Waals surface area contributed by atoms with Crippen molar-refractivity contribution in [3.05, 3.63) is 53.9 Å². The molecule has 1 aromatic heterocycles. The Labute approximate surface area is 146 Å². The number of amides is 1. The van der Waals surface area contributed by atoms with E-state index in [1.54, 1.807) is 0 Å². The second-order valence-corrected chi connectivity index (χ2v) is 6.95. The van der Waals surface area contributed by atoms with Crippen molar-refractivity contribution < 1.29 is 4.79 Å². The number of nitrogens with zero attached hydrogens (tertiary/aromatic N) is 3.